The van der Waals surface area contributed by atoms with Gasteiger partial charge in [-0.25, -0.2) is 4.39 Å². The van der Waals surface area contributed by atoms with Gasteiger partial charge in [-0.3, -0.25) is 0 Å². The monoisotopic (exact) mass is 286 g/mol. The Balaban J connectivity index is 2.23. The van der Waals surface area contributed by atoms with Gasteiger partial charge in [-0.05, 0) is 53.9 Å². The molecule has 0 radical (unpaired) electrons. The number of hydrogen-bond donors (Lipinski definition) is 1. The first kappa shape index (κ1) is 11.9. The first-order chi connectivity index (χ1) is 7.58. The van der Waals surface area contributed by atoms with E-state index in [1.807, 2.05) is 6.07 Å². The topological polar surface area (TPSA) is 29.3 Å². The van der Waals surface area contributed by atoms with E-state index < -0.39 is 0 Å². The Morgan fingerprint density at radius 1 is 1.50 bits per heavy atom. The fourth-order valence-corrected chi connectivity index (χ4v) is 2.86. The number of rotatable bonds is 1. The molecule has 1 saturated heterocycles. The summed E-state index contributed by atoms with van der Waals surface area (Å²) in [4.78, 5) is 2.28. The normalized spacial score (nSPS) is 25.9. The third kappa shape index (κ3) is 2.38. The van der Waals surface area contributed by atoms with E-state index in [2.05, 4.69) is 27.8 Å². The standard InChI is InChI=1S/C12H16BrFN2/c1-8-6-10(15)4-5-16(8)12-3-2-9(14)7-11(12)13/h2-3,7-8,10H,4-6,15H2,1H3. The molecule has 1 aliphatic heterocycles. The zero-order chi connectivity index (χ0) is 11.7. The van der Waals surface area contributed by atoms with Crippen molar-refractivity contribution < 1.29 is 4.39 Å². The Morgan fingerprint density at radius 2 is 2.25 bits per heavy atom. The molecule has 0 spiro atoms. The minimum atomic E-state index is -0.211. The van der Waals surface area contributed by atoms with Crippen LogP contribution < -0.4 is 10.6 Å². The van der Waals surface area contributed by atoms with Gasteiger partial charge in [0.25, 0.3) is 0 Å². The average Bonchev–Trinajstić information content (AvgIpc) is 2.19. The summed E-state index contributed by atoms with van der Waals surface area (Å²) in [5.74, 6) is -0.211. The number of benzene rings is 1. The fourth-order valence-electron chi connectivity index (χ4n) is 2.28. The quantitative estimate of drug-likeness (QED) is 0.860. The molecule has 2 nitrogen and oxygen atoms in total. The first-order valence-corrected chi connectivity index (χ1v) is 6.34. The highest BCUT2D eigenvalue weighted by atomic mass is 79.9. The van der Waals surface area contributed by atoms with Crippen LogP contribution in [0.4, 0.5) is 10.1 Å². The maximum absolute atomic E-state index is 13.0. The maximum atomic E-state index is 13.0. The Hall–Kier alpha value is -0.610. The fraction of sp³-hybridized carbons (Fsp3) is 0.500. The van der Waals surface area contributed by atoms with Gasteiger partial charge in [0.1, 0.15) is 5.82 Å². The highest BCUT2D eigenvalue weighted by Crippen LogP contribution is 2.31. The van der Waals surface area contributed by atoms with Crippen molar-refractivity contribution in [2.45, 2.75) is 31.8 Å². The van der Waals surface area contributed by atoms with Crippen LogP contribution in [0.15, 0.2) is 22.7 Å². The second-order valence-corrected chi connectivity index (χ2v) is 5.28. The molecule has 2 N–H and O–H groups in total. The third-order valence-corrected chi connectivity index (χ3v) is 3.77. The van der Waals surface area contributed by atoms with E-state index in [-0.39, 0.29) is 5.82 Å². The summed E-state index contributed by atoms with van der Waals surface area (Å²) in [5, 5.41) is 0. The lowest BCUT2D eigenvalue weighted by Gasteiger charge is -2.38. The summed E-state index contributed by atoms with van der Waals surface area (Å²) in [6.07, 6.45) is 1.98. The molecule has 1 aromatic rings. The molecule has 1 fully saturated rings. The van der Waals surface area contributed by atoms with E-state index in [4.69, 9.17) is 5.73 Å². The molecule has 1 heterocycles. The summed E-state index contributed by atoms with van der Waals surface area (Å²) in [6.45, 7) is 3.10. The highest BCUT2D eigenvalue weighted by Gasteiger charge is 2.24. The molecular weight excluding hydrogens is 271 g/mol. The molecule has 0 bridgehead atoms. The van der Waals surface area contributed by atoms with Crippen LogP contribution in [-0.4, -0.2) is 18.6 Å². The van der Waals surface area contributed by atoms with Gasteiger partial charge in [-0.15, -0.1) is 0 Å². The van der Waals surface area contributed by atoms with E-state index in [1.165, 1.54) is 12.1 Å². The molecule has 0 amide bonds. The number of nitrogens with two attached hydrogens (primary N) is 1. The van der Waals surface area contributed by atoms with Crippen molar-refractivity contribution in [3.05, 3.63) is 28.5 Å². The van der Waals surface area contributed by atoms with Gasteiger partial charge in [-0.2, -0.15) is 0 Å². The van der Waals surface area contributed by atoms with E-state index in [0.717, 1.165) is 29.5 Å². The van der Waals surface area contributed by atoms with Gasteiger partial charge in [0.15, 0.2) is 0 Å². The van der Waals surface area contributed by atoms with Crippen LogP contribution in [0.3, 0.4) is 0 Å². The molecule has 0 aromatic heterocycles. The van der Waals surface area contributed by atoms with Crippen molar-refractivity contribution in [1.82, 2.24) is 0 Å². The third-order valence-electron chi connectivity index (χ3n) is 3.14. The molecule has 2 rings (SSSR count). The predicted octanol–water partition coefficient (Wildman–Crippen LogP) is 2.90. The number of hydrogen-bond acceptors (Lipinski definition) is 2. The summed E-state index contributed by atoms with van der Waals surface area (Å²) >= 11 is 3.41. The minimum Gasteiger partial charge on any atom is -0.368 e. The SMILES string of the molecule is CC1CC(N)CCN1c1ccc(F)cc1Br. The van der Waals surface area contributed by atoms with Crippen LogP contribution in [0.25, 0.3) is 0 Å². The van der Waals surface area contributed by atoms with Crippen molar-refractivity contribution in [2.24, 2.45) is 5.73 Å². The van der Waals surface area contributed by atoms with Gasteiger partial charge in [-0.1, -0.05) is 0 Å². The van der Waals surface area contributed by atoms with Gasteiger partial charge < -0.3 is 10.6 Å². The smallest absolute Gasteiger partial charge is 0.124 e. The van der Waals surface area contributed by atoms with E-state index in [1.54, 1.807) is 0 Å². The van der Waals surface area contributed by atoms with Crippen LogP contribution in [0.2, 0.25) is 0 Å². The average molecular weight is 287 g/mol. The van der Waals surface area contributed by atoms with E-state index in [9.17, 15) is 4.39 Å². The molecule has 0 aliphatic carbocycles. The Morgan fingerprint density at radius 3 is 2.88 bits per heavy atom. The predicted molar refractivity (Wildman–Crippen MR) is 68.1 cm³/mol. The lowest BCUT2D eigenvalue weighted by molar-refractivity contribution is 0.429. The Labute approximate surface area is 104 Å². The van der Waals surface area contributed by atoms with Gasteiger partial charge in [0.05, 0.1) is 5.69 Å². The summed E-state index contributed by atoms with van der Waals surface area (Å²) < 4.78 is 13.8. The van der Waals surface area contributed by atoms with Crippen molar-refractivity contribution in [2.75, 3.05) is 11.4 Å². The lowest BCUT2D eigenvalue weighted by atomic mass is 9.98. The Bertz CT molecular complexity index is 383. The maximum Gasteiger partial charge on any atom is 0.124 e. The number of halogens is 2. The molecular formula is C12H16BrFN2. The van der Waals surface area contributed by atoms with Crippen LogP contribution in [0, 0.1) is 5.82 Å². The Kier molecular flexibility index (Phi) is 3.50. The second-order valence-electron chi connectivity index (χ2n) is 4.42. The van der Waals surface area contributed by atoms with Crippen LogP contribution in [-0.2, 0) is 0 Å². The van der Waals surface area contributed by atoms with Crippen molar-refractivity contribution in [3.8, 4) is 0 Å². The first-order valence-electron chi connectivity index (χ1n) is 5.55. The molecule has 2 unspecified atom stereocenters. The second kappa shape index (κ2) is 4.72. The molecule has 2 atom stereocenters. The zero-order valence-corrected chi connectivity index (χ0v) is 10.9. The van der Waals surface area contributed by atoms with Gasteiger partial charge in [0, 0.05) is 23.1 Å². The highest BCUT2D eigenvalue weighted by molar-refractivity contribution is 9.10. The molecule has 0 saturated carbocycles. The van der Waals surface area contributed by atoms with E-state index >= 15 is 0 Å². The number of piperidine rings is 1. The lowest BCUT2D eigenvalue weighted by Crippen LogP contribution is -2.45. The van der Waals surface area contributed by atoms with Gasteiger partial charge >= 0.3 is 0 Å². The number of nitrogens with zero attached hydrogens (tertiary/aromatic N) is 1. The summed E-state index contributed by atoms with van der Waals surface area (Å²) in [6, 6.07) is 5.54. The number of anilines is 1. The largest absolute Gasteiger partial charge is 0.368 e. The van der Waals surface area contributed by atoms with Crippen LogP contribution in [0.1, 0.15) is 19.8 Å². The van der Waals surface area contributed by atoms with E-state index in [0.29, 0.717) is 12.1 Å². The molecule has 4 heteroatoms. The van der Waals surface area contributed by atoms with Crippen molar-refractivity contribution >= 4 is 21.6 Å². The van der Waals surface area contributed by atoms with Crippen molar-refractivity contribution in [1.29, 1.82) is 0 Å². The van der Waals surface area contributed by atoms with Crippen LogP contribution >= 0.6 is 15.9 Å². The van der Waals surface area contributed by atoms with Crippen molar-refractivity contribution in [3.63, 3.8) is 0 Å². The van der Waals surface area contributed by atoms with Crippen LogP contribution in [0.5, 0.6) is 0 Å². The summed E-state index contributed by atoms with van der Waals surface area (Å²) in [7, 11) is 0. The van der Waals surface area contributed by atoms with Gasteiger partial charge in [0.2, 0.25) is 0 Å². The minimum absolute atomic E-state index is 0.211. The molecule has 88 valence electrons. The zero-order valence-electron chi connectivity index (χ0n) is 9.29. The molecule has 1 aromatic carbocycles. The molecule has 16 heavy (non-hydrogen) atoms. The molecule has 1 aliphatic rings. The summed E-state index contributed by atoms with van der Waals surface area (Å²) in [5.41, 5.74) is 6.99.